The summed E-state index contributed by atoms with van der Waals surface area (Å²) in [4.78, 5) is 25.0. The molecule has 4 nitrogen and oxygen atoms in total. The van der Waals surface area contributed by atoms with Gasteiger partial charge >= 0.3 is 5.97 Å². The van der Waals surface area contributed by atoms with E-state index >= 15 is 0 Å². The van der Waals surface area contributed by atoms with Gasteiger partial charge in [-0.3, -0.25) is 9.59 Å². The number of amides is 1. The summed E-state index contributed by atoms with van der Waals surface area (Å²) in [5.41, 5.74) is 3.39. The molecule has 20 heavy (non-hydrogen) atoms. The normalized spacial score (nSPS) is 18.9. The predicted molar refractivity (Wildman–Crippen MR) is 76.6 cm³/mol. The van der Waals surface area contributed by atoms with Crippen molar-refractivity contribution >= 4 is 11.9 Å². The van der Waals surface area contributed by atoms with Gasteiger partial charge in [0.05, 0.1) is 12.3 Å². The van der Waals surface area contributed by atoms with Gasteiger partial charge in [0.15, 0.2) is 0 Å². The SMILES string of the molecule is Cc1ccc(CC(=O)N2CCC[C@@H](C(=O)O)C2)cc1C. The summed E-state index contributed by atoms with van der Waals surface area (Å²) in [5, 5.41) is 9.06. The first kappa shape index (κ1) is 14.6. The predicted octanol–water partition coefficient (Wildman–Crippen LogP) is 2.17. The third-order valence-corrected chi connectivity index (χ3v) is 4.05. The number of carbonyl (C=O) groups excluding carboxylic acids is 1. The lowest BCUT2D eigenvalue weighted by molar-refractivity contribution is -0.145. The molecule has 1 aliphatic heterocycles. The van der Waals surface area contributed by atoms with Gasteiger partial charge in [-0.15, -0.1) is 0 Å². The van der Waals surface area contributed by atoms with Crippen molar-refractivity contribution in [3.8, 4) is 0 Å². The average Bonchev–Trinajstić information content (AvgIpc) is 2.43. The Balaban J connectivity index is 2.00. The average molecular weight is 275 g/mol. The van der Waals surface area contributed by atoms with E-state index in [0.29, 0.717) is 25.9 Å². The number of aryl methyl sites for hydroxylation is 2. The van der Waals surface area contributed by atoms with Crippen molar-refractivity contribution in [3.63, 3.8) is 0 Å². The summed E-state index contributed by atoms with van der Waals surface area (Å²) in [6.45, 7) is 5.10. The summed E-state index contributed by atoms with van der Waals surface area (Å²) in [6.07, 6.45) is 1.80. The Kier molecular flexibility index (Phi) is 4.42. The molecule has 108 valence electrons. The van der Waals surface area contributed by atoms with Crippen LogP contribution < -0.4 is 0 Å². The second-order valence-electron chi connectivity index (χ2n) is 5.61. The van der Waals surface area contributed by atoms with E-state index in [1.165, 1.54) is 11.1 Å². The fraction of sp³-hybridized carbons (Fsp3) is 0.500. The molecule has 1 N–H and O–H groups in total. The second-order valence-corrected chi connectivity index (χ2v) is 5.61. The molecule has 0 bridgehead atoms. The largest absolute Gasteiger partial charge is 0.481 e. The molecule has 1 saturated heterocycles. The topological polar surface area (TPSA) is 57.6 Å². The molecule has 0 aromatic heterocycles. The number of aliphatic carboxylic acids is 1. The number of carboxylic acids is 1. The van der Waals surface area contributed by atoms with Gasteiger partial charge in [0.25, 0.3) is 0 Å². The number of carboxylic acid groups (broad SMARTS) is 1. The third-order valence-electron chi connectivity index (χ3n) is 4.05. The van der Waals surface area contributed by atoms with Crippen LogP contribution in [0, 0.1) is 19.8 Å². The molecule has 1 aromatic rings. The maximum Gasteiger partial charge on any atom is 0.308 e. The van der Waals surface area contributed by atoms with E-state index < -0.39 is 11.9 Å². The van der Waals surface area contributed by atoms with Crippen molar-refractivity contribution in [2.75, 3.05) is 13.1 Å². The van der Waals surface area contributed by atoms with Crippen molar-refractivity contribution in [1.82, 2.24) is 4.90 Å². The minimum atomic E-state index is -0.798. The number of nitrogens with zero attached hydrogens (tertiary/aromatic N) is 1. The highest BCUT2D eigenvalue weighted by atomic mass is 16.4. The minimum absolute atomic E-state index is 0.0270. The molecule has 0 aliphatic carbocycles. The summed E-state index contributed by atoms with van der Waals surface area (Å²) in [6, 6.07) is 6.03. The van der Waals surface area contributed by atoms with Gasteiger partial charge in [-0.05, 0) is 43.4 Å². The highest BCUT2D eigenvalue weighted by Crippen LogP contribution is 2.18. The molecule has 0 saturated carbocycles. The van der Waals surface area contributed by atoms with E-state index in [1.807, 2.05) is 32.0 Å². The molecule has 1 aromatic carbocycles. The Morgan fingerprint density at radius 3 is 2.70 bits per heavy atom. The van der Waals surface area contributed by atoms with Gasteiger partial charge in [0.2, 0.25) is 5.91 Å². The standard InChI is InChI=1S/C16H21NO3/c1-11-5-6-13(8-12(11)2)9-15(18)17-7-3-4-14(10-17)16(19)20/h5-6,8,14H,3-4,7,9-10H2,1-2H3,(H,19,20)/t14-/m1/s1. The molecule has 1 amide bonds. The number of carbonyl (C=O) groups is 2. The van der Waals surface area contributed by atoms with Gasteiger partial charge in [-0.1, -0.05) is 18.2 Å². The van der Waals surface area contributed by atoms with Crippen LogP contribution >= 0.6 is 0 Å². The van der Waals surface area contributed by atoms with Gasteiger partial charge in [0, 0.05) is 13.1 Å². The minimum Gasteiger partial charge on any atom is -0.481 e. The number of hydrogen-bond acceptors (Lipinski definition) is 2. The van der Waals surface area contributed by atoms with Gasteiger partial charge < -0.3 is 10.0 Å². The Morgan fingerprint density at radius 1 is 1.30 bits per heavy atom. The van der Waals surface area contributed by atoms with Crippen LogP contribution in [0.25, 0.3) is 0 Å². The van der Waals surface area contributed by atoms with E-state index in [2.05, 4.69) is 0 Å². The molecule has 0 unspecified atom stereocenters. The number of likely N-dealkylation sites (tertiary alicyclic amines) is 1. The van der Waals surface area contributed by atoms with Crippen molar-refractivity contribution in [2.24, 2.45) is 5.92 Å². The molecule has 4 heteroatoms. The quantitative estimate of drug-likeness (QED) is 0.919. The van der Waals surface area contributed by atoms with Crippen LogP contribution in [-0.2, 0) is 16.0 Å². The molecule has 1 heterocycles. The molecule has 0 radical (unpaired) electrons. The molecular weight excluding hydrogens is 254 g/mol. The van der Waals surface area contributed by atoms with Crippen LogP contribution in [0.4, 0.5) is 0 Å². The van der Waals surface area contributed by atoms with Gasteiger partial charge in [0.1, 0.15) is 0 Å². The summed E-state index contributed by atoms with van der Waals surface area (Å²) in [5.74, 6) is -1.18. The molecular formula is C16H21NO3. The summed E-state index contributed by atoms with van der Waals surface area (Å²) in [7, 11) is 0. The maximum atomic E-state index is 12.3. The van der Waals surface area contributed by atoms with E-state index in [4.69, 9.17) is 5.11 Å². The van der Waals surface area contributed by atoms with Crippen molar-refractivity contribution in [3.05, 3.63) is 34.9 Å². The van der Waals surface area contributed by atoms with E-state index in [0.717, 1.165) is 12.0 Å². The number of benzene rings is 1. The highest BCUT2D eigenvalue weighted by Gasteiger charge is 2.27. The fourth-order valence-corrected chi connectivity index (χ4v) is 2.61. The molecule has 1 fully saturated rings. The molecule has 2 rings (SSSR count). The lowest BCUT2D eigenvalue weighted by Crippen LogP contribution is -2.43. The van der Waals surface area contributed by atoms with Crippen molar-refractivity contribution in [1.29, 1.82) is 0 Å². The molecule has 0 spiro atoms. The second kappa shape index (κ2) is 6.07. The Hall–Kier alpha value is -1.84. The number of piperidine rings is 1. The van der Waals surface area contributed by atoms with Crippen LogP contribution in [0.5, 0.6) is 0 Å². The zero-order valence-corrected chi connectivity index (χ0v) is 12.1. The smallest absolute Gasteiger partial charge is 0.308 e. The number of hydrogen-bond donors (Lipinski definition) is 1. The van der Waals surface area contributed by atoms with Crippen LogP contribution in [0.3, 0.4) is 0 Å². The monoisotopic (exact) mass is 275 g/mol. The Labute approximate surface area is 119 Å². The van der Waals surface area contributed by atoms with Crippen LogP contribution in [0.1, 0.15) is 29.5 Å². The van der Waals surface area contributed by atoms with Crippen molar-refractivity contribution in [2.45, 2.75) is 33.1 Å². The maximum absolute atomic E-state index is 12.3. The first-order chi connectivity index (χ1) is 9.47. The molecule has 1 atom stereocenters. The lowest BCUT2D eigenvalue weighted by Gasteiger charge is -2.30. The first-order valence-corrected chi connectivity index (χ1v) is 7.04. The van der Waals surface area contributed by atoms with Crippen LogP contribution in [0.15, 0.2) is 18.2 Å². The zero-order valence-electron chi connectivity index (χ0n) is 12.1. The third kappa shape index (κ3) is 3.38. The van der Waals surface area contributed by atoms with E-state index in [1.54, 1.807) is 4.90 Å². The lowest BCUT2D eigenvalue weighted by atomic mass is 9.97. The number of rotatable bonds is 3. The first-order valence-electron chi connectivity index (χ1n) is 7.04. The summed E-state index contributed by atoms with van der Waals surface area (Å²) >= 11 is 0. The van der Waals surface area contributed by atoms with Crippen LogP contribution in [-0.4, -0.2) is 35.0 Å². The van der Waals surface area contributed by atoms with Gasteiger partial charge in [-0.2, -0.15) is 0 Å². The van der Waals surface area contributed by atoms with Gasteiger partial charge in [-0.25, -0.2) is 0 Å². The van der Waals surface area contributed by atoms with E-state index in [9.17, 15) is 9.59 Å². The zero-order chi connectivity index (χ0) is 14.7. The van der Waals surface area contributed by atoms with Crippen molar-refractivity contribution < 1.29 is 14.7 Å². The Bertz CT molecular complexity index is 524. The van der Waals surface area contributed by atoms with Crippen LogP contribution in [0.2, 0.25) is 0 Å². The molecule has 1 aliphatic rings. The Morgan fingerprint density at radius 2 is 2.05 bits per heavy atom. The van der Waals surface area contributed by atoms with E-state index in [-0.39, 0.29) is 5.91 Å². The highest BCUT2D eigenvalue weighted by molar-refractivity contribution is 5.80. The fourth-order valence-electron chi connectivity index (χ4n) is 2.61. The summed E-state index contributed by atoms with van der Waals surface area (Å²) < 4.78 is 0.